The highest BCUT2D eigenvalue weighted by Crippen LogP contribution is 2.32. The van der Waals surface area contributed by atoms with Gasteiger partial charge >= 0.3 is 0 Å². The predicted octanol–water partition coefficient (Wildman–Crippen LogP) is 5.44. The van der Waals surface area contributed by atoms with Crippen molar-refractivity contribution in [1.82, 2.24) is 4.31 Å². The van der Waals surface area contributed by atoms with Crippen molar-refractivity contribution in [2.75, 3.05) is 18.4 Å². The fourth-order valence-corrected chi connectivity index (χ4v) is 6.52. The maximum atomic E-state index is 13.5. The summed E-state index contributed by atoms with van der Waals surface area (Å²) in [5.74, 6) is 0.553. The lowest BCUT2D eigenvalue weighted by Crippen LogP contribution is -2.44. The van der Waals surface area contributed by atoms with Crippen molar-refractivity contribution in [1.29, 1.82) is 0 Å². The Morgan fingerprint density at radius 1 is 0.971 bits per heavy atom. The third-order valence-electron chi connectivity index (χ3n) is 6.07. The molecule has 178 valence electrons. The Morgan fingerprint density at radius 2 is 1.62 bits per heavy atom. The number of carbonyl (C=O) groups excluding carboxylic acids is 1. The fourth-order valence-electron chi connectivity index (χ4n) is 4.59. The highest BCUT2D eigenvalue weighted by molar-refractivity contribution is 7.89. The average molecular weight is 479 g/mol. The number of carbonyl (C=O) groups is 1. The fraction of sp³-hybridized carbons (Fsp3) is 0.296. The Balaban J connectivity index is 1.51. The van der Waals surface area contributed by atoms with Crippen LogP contribution in [-0.2, 0) is 14.8 Å². The number of amides is 1. The van der Waals surface area contributed by atoms with E-state index in [-0.39, 0.29) is 12.5 Å². The number of piperidine rings is 1. The normalized spacial score (nSPS) is 16.7. The predicted molar refractivity (Wildman–Crippen MR) is 134 cm³/mol. The summed E-state index contributed by atoms with van der Waals surface area (Å²) in [6.07, 6.45) is 1.26. The van der Waals surface area contributed by atoms with Crippen LogP contribution >= 0.6 is 0 Å². The zero-order chi connectivity index (χ0) is 24.3. The molecular formula is C27H30N2O4S. The molecular weight excluding hydrogens is 448 g/mol. The molecule has 0 unspecified atom stereocenters. The van der Waals surface area contributed by atoms with E-state index < -0.39 is 15.9 Å². The first-order valence-electron chi connectivity index (χ1n) is 11.5. The zero-order valence-corrected chi connectivity index (χ0v) is 20.6. The van der Waals surface area contributed by atoms with Gasteiger partial charge in [-0.05, 0) is 69.0 Å². The summed E-state index contributed by atoms with van der Waals surface area (Å²) in [5, 5.41) is 2.96. The number of nitrogens with zero attached hydrogens (tertiary/aromatic N) is 1. The van der Waals surface area contributed by atoms with Gasteiger partial charge in [0.25, 0.3) is 0 Å². The molecule has 0 aromatic heterocycles. The minimum absolute atomic E-state index is 0.155. The van der Waals surface area contributed by atoms with Crippen molar-refractivity contribution in [2.24, 2.45) is 5.92 Å². The van der Waals surface area contributed by atoms with Gasteiger partial charge in [-0.3, -0.25) is 4.79 Å². The first kappa shape index (κ1) is 24.0. The smallest absolute Gasteiger partial charge is 0.243 e. The van der Waals surface area contributed by atoms with Crippen molar-refractivity contribution in [2.45, 2.75) is 38.5 Å². The third kappa shape index (κ3) is 5.16. The summed E-state index contributed by atoms with van der Waals surface area (Å²) in [5.41, 5.74) is 3.05. The van der Waals surface area contributed by atoms with Crippen LogP contribution in [0.1, 0.15) is 29.5 Å². The van der Waals surface area contributed by atoms with E-state index in [1.54, 1.807) is 12.1 Å². The van der Waals surface area contributed by atoms with Gasteiger partial charge < -0.3 is 10.1 Å². The number of benzene rings is 3. The summed E-state index contributed by atoms with van der Waals surface area (Å²) in [7, 11) is -3.70. The largest absolute Gasteiger partial charge is 0.455 e. The second-order valence-corrected chi connectivity index (χ2v) is 10.7. The minimum atomic E-state index is -3.70. The first-order valence-corrected chi connectivity index (χ1v) is 12.9. The Hall–Kier alpha value is -3.16. The van der Waals surface area contributed by atoms with Crippen molar-refractivity contribution in [3.63, 3.8) is 0 Å². The van der Waals surface area contributed by atoms with E-state index >= 15 is 0 Å². The molecule has 1 aliphatic heterocycles. The molecule has 34 heavy (non-hydrogen) atoms. The Labute approximate surface area is 201 Å². The molecule has 1 saturated heterocycles. The summed E-state index contributed by atoms with van der Waals surface area (Å²) in [4.78, 5) is 13.5. The van der Waals surface area contributed by atoms with Crippen LogP contribution in [0.3, 0.4) is 0 Å². The Kier molecular flexibility index (Phi) is 7.05. The van der Waals surface area contributed by atoms with Gasteiger partial charge in [0.2, 0.25) is 15.9 Å². The van der Waals surface area contributed by atoms with Gasteiger partial charge in [0.15, 0.2) is 5.75 Å². The molecule has 0 bridgehead atoms. The summed E-state index contributed by atoms with van der Waals surface area (Å²) in [6, 6.07) is 20.4. The Bertz CT molecular complexity index is 1270. The highest BCUT2D eigenvalue weighted by atomic mass is 32.2. The van der Waals surface area contributed by atoms with E-state index in [9.17, 15) is 13.2 Å². The molecule has 1 N–H and O–H groups in total. The first-order chi connectivity index (χ1) is 16.3. The van der Waals surface area contributed by atoms with Crippen LogP contribution in [0, 0.1) is 26.7 Å². The highest BCUT2D eigenvalue weighted by Gasteiger charge is 2.35. The number of rotatable bonds is 6. The topological polar surface area (TPSA) is 75.7 Å². The zero-order valence-electron chi connectivity index (χ0n) is 19.7. The lowest BCUT2D eigenvalue weighted by atomic mass is 9.98. The van der Waals surface area contributed by atoms with Crippen molar-refractivity contribution in [3.05, 3.63) is 83.4 Å². The van der Waals surface area contributed by atoms with Crippen LogP contribution in [0.15, 0.2) is 71.6 Å². The molecule has 1 amide bonds. The summed E-state index contributed by atoms with van der Waals surface area (Å²) >= 11 is 0. The second kappa shape index (κ2) is 9.99. The quantitative estimate of drug-likeness (QED) is 0.512. The molecule has 4 rings (SSSR count). The Morgan fingerprint density at radius 3 is 2.32 bits per heavy atom. The van der Waals surface area contributed by atoms with Gasteiger partial charge in [0, 0.05) is 13.1 Å². The molecule has 0 aliphatic carbocycles. The molecule has 1 atom stereocenters. The molecule has 1 fully saturated rings. The van der Waals surface area contributed by atoms with E-state index in [0.29, 0.717) is 41.5 Å². The van der Waals surface area contributed by atoms with Gasteiger partial charge in [-0.15, -0.1) is 0 Å². The molecule has 0 spiro atoms. The van der Waals surface area contributed by atoms with Gasteiger partial charge in [-0.2, -0.15) is 4.31 Å². The van der Waals surface area contributed by atoms with E-state index in [4.69, 9.17) is 4.74 Å². The average Bonchev–Trinajstić information content (AvgIpc) is 2.80. The molecule has 3 aromatic carbocycles. The van der Waals surface area contributed by atoms with Gasteiger partial charge in [0.05, 0.1) is 16.5 Å². The van der Waals surface area contributed by atoms with Crippen LogP contribution in [0.4, 0.5) is 5.69 Å². The number of para-hydroxylation sites is 3. The molecule has 0 saturated carbocycles. The number of nitrogens with one attached hydrogen (secondary N) is 1. The van der Waals surface area contributed by atoms with Crippen molar-refractivity contribution in [3.8, 4) is 11.5 Å². The molecule has 7 heteroatoms. The molecule has 6 nitrogen and oxygen atoms in total. The number of hydrogen-bond acceptors (Lipinski definition) is 4. The number of aryl methyl sites for hydroxylation is 3. The van der Waals surface area contributed by atoms with Crippen LogP contribution < -0.4 is 10.1 Å². The van der Waals surface area contributed by atoms with E-state index in [1.165, 1.54) is 4.31 Å². The standard InChI is InChI=1S/C27H30N2O4S/c1-19-16-20(2)26(21(3)17-19)34(31,32)29-15-9-10-22(18-29)27(30)28-24-13-7-8-14-25(24)33-23-11-5-4-6-12-23/h4-8,11-14,16-17,22H,9-10,15,18H2,1-3H3,(H,28,30)/t22-/m1/s1. The SMILES string of the molecule is Cc1cc(C)c(S(=O)(=O)N2CCC[C@@H](C(=O)Nc3ccccc3Oc3ccccc3)C2)c(C)c1. The molecule has 1 aliphatic rings. The van der Waals surface area contributed by atoms with E-state index in [1.807, 2.05) is 75.4 Å². The van der Waals surface area contributed by atoms with E-state index in [2.05, 4.69) is 5.32 Å². The second-order valence-electron chi connectivity index (χ2n) is 8.83. The van der Waals surface area contributed by atoms with E-state index in [0.717, 1.165) is 16.7 Å². The summed E-state index contributed by atoms with van der Waals surface area (Å²) < 4.78 is 34.4. The number of hydrogen-bond donors (Lipinski definition) is 1. The van der Waals surface area contributed by atoms with Crippen LogP contribution in [0.5, 0.6) is 11.5 Å². The molecule has 1 heterocycles. The van der Waals surface area contributed by atoms with Gasteiger partial charge in [0.1, 0.15) is 5.75 Å². The minimum Gasteiger partial charge on any atom is -0.455 e. The molecule has 0 radical (unpaired) electrons. The third-order valence-corrected chi connectivity index (χ3v) is 8.24. The van der Waals surface area contributed by atoms with Gasteiger partial charge in [-0.25, -0.2) is 8.42 Å². The monoisotopic (exact) mass is 478 g/mol. The summed E-state index contributed by atoms with van der Waals surface area (Å²) in [6.45, 7) is 6.17. The molecule has 3 aromatic rings. The van der Waals surface area contributed by atoms with Crippen LogP contribution in [-0.4, -0.2) is 31.7 Å². The van der Waals surface area contributed by atoms with Crippen molar-refractivity contribution < 1.29 is 17.9 Å². The number of ether oxygens (including phenoxy) is 1. The lowest BCUT2D eigenvalue weighted by molar-refractivity contribution is -0.120. The van der Waals surface area contributed by atoms with Crippen LogP contribution in [0.2, 0.25) is 0 Å². The maximum absolute atomic E-state index is 13.5. The maximum Gasteiger partial charge on any atom is 0.243 e. The number of anilines is 1. The van der Waals surface area contributed by atoms with Gasteiger partial charge in [-0.1, -0.05) is 48.0 Å². The lowest BCUT2D eigenvalue weighted by Gasteiger charge is -2.32. The van der Waals surface area contributed by atoms with Crippen molar-refractivity contribution >= 4 is 21.6 Å². The number of sulfonamides is 1. The van der Waals surface area contributed by atoms with Crippen LogP contribution in [0.25, 0.3) is 0 Å².